The molecule has 0 aromatic heterocycles. The van der Waals surface area contributed by atoms with E-state index in [1.165, 1.54) is 11.6 Å². The summed E-state index contributed by atoms with van der Waals surface area (Å²) in [7, 11) is -3.75. The third-order valence-electron chi connectivity index (χ3n) is 5.85. The maximum Gasteiger partial charge on any atom is 0.240 e. The first-order valence-electron chi connectivity index (χ1n) is 9.60. The van der Waals surface area contributed by atoms with E-state index in [4.69, 9.17) is 11.6 Å². The maximum absolute atomic E-state index is 13.3. The number of hydrogen-bond acceptors (Lipinski definition) is 4. The Labute approximate surface area is 176 Å². The first-order valence-corrected chi connectivity index (χ1v) is 11.5. The molecule has 0 aliphatic carbocycles. The van der Waals surface area contributed by atoms with Gasteiger partial charge >= 0.3 is 0 Å². The molecule has 0 amide bonds. The standard InChI is InChI=1S/C21H26ClFN2O3S/c1-13-14(2)21(26)7-5-18(13)15(3)25-10-8-16(9-11-25)24-29(27,28)17-4-6-20(23)19(22)12-17/h4-7,12,15-16,24,26H,8-11H2,1-3H3. The van der Waals surface area contributed by atoms with E-state index in [2.05, 4.69) is 16.5 Å². The third kappa shape index (κ3) is 4.74. The Hall–Kier alpha value is -1.67. The van der Waals surface area contributed by atoms with Gasteiger partial charge < -0.3 is 5.11 Å². The van der Waals surface area contributed by atoms with Crippen LogP contribution < -0.4 is 4.72 Å². The first kappa shape index (κ1) is 22.0. The fourth-order valence-corrected chi connectivity index (χ4v) is 5.39. The molecule has 2 aromatic carbocycles. The van der Waals surface area contributed by atoms with E-state index in [-0.39, 0.29) is 22.0 Å². The van der Waals surface area contributed by atoms with Gasteiger partial charge in [-0.1, -0.05) is 17.7 Å². The predicted molar refractivity (Wildman–Crippen MR) is 112 cm³/mol. The number of piperidine rings is 1. The van der Waals surface area contributed by atoms with Gasteiger partial charge in [-0.15, -0.1) is 0 Å². The molecule has 0 spiro atoms. The number of aromatic hydroxyl groups is 1. The molecule has 29 heavy (non-hydrogen) atoms. The second kappa shape index (κ2) is 8.60. The van der Waals surface area contributed by atoms with Crippen molar-refractivity contribution in [3.8, 4) is 5.75 Å². The Bertz CT molecular complexity index is 1010. The lowest BCUT2D eigenvalue weighted by Gasteiger charge is -2.37. The molecule has 1 atom stereocenters. The lowest BCUT2D eigenvalue weighted by molar-refractivity contribution is 0.159. The summed E-state index contributed by atoms with van der Waals surface area (Å²) in [6.07, 6.45) is 1.35. The Morgan fingerprint density at radius 1 is 1.17 bits per heavy atom. The molecule has 1 heterocycles. The second-order valence-corrected chi connectivity index (χ2v) is 9.73. The minimum atomic E-state index is -3.75. The van der Waals surface area contributed by atoms with Crippen molar-refractivity contribution in [2.45, 2.75) is 50.6 Å². The highest BCUT2D eigenvalue weighted by atomic mass is 35.5. The molecular weight excluding hydrogens is 415 g/mol. The van der Waals surface area contributed by atoms with Crippen molar-refractivity contribution in [3.05, 3.63) is 57.9 Å². The summed E-state index contributed by atoms with van der Waals surface area (Å²) < 4.78 is 41.2. The average molecular weight is 441 g/mol. The van der Waals surface area contributed by atoms with Crippen molar-refractivity contribution in [1.82, 2.24) is 9.62 Å². The summed E-state index contributed by atoms with van der Waals surface area (Å²) in [6.45, 7) is 7.54. The fraction of sp³-hybridized carbons (Fsp3) is 0.429. The molecule has 0 radical (unpaired) electrons. The molecule has 1 aliphatic heterocycles. The summed E-state index contributed by atoms with van der Waals surface area (Å²) in [4.78, 5) is 2.29. The monoisotopic (exact) mass is 440 g/mol. The van der Waals surface area contributed by atoms with Gasteiger partial charge in [0, 0.05) is 25.2 Å². The van der Waals surface area contributed by atoms with Gasteiger partial charge in [0.2, 0.25) is 10.0 Å². The molecule has 5 nitrogen and oxygen atoms in total. The van der Waals surface area contributed by atoms with Crippen molar-refractivity contribution in [3.63, 3.8) is 0 Å². The van der Waals surface area contributed by atoms with Gasteiger partial charge in [0.15, 0.2) is 0 Å². The zero-order chi connectivity index (χ0) is 21.3. The Morgan fingerprint density at radius 2 is 1.83 bits per heavy atom. The first-order chi connectivity index (χ1) is 13.6. The molecule has 158 valence electrons. The molecule has 0 bridgehead atoms. The lowest BCUT2D eigenvalue weighted by atomic mass is 9.95. The van der Waals surface area contributed by atoms with Gasteiger partial charge in [0.25, 0.3) is 0 Å². The van der Waals surface area contributed by atoms with Crippen LogP contribution in [0.5, 0.6) is 5.75 Å². The minimum absolute atomic E-state index is 0.0325. The number of halogens is 2. The smallest absolute Gasteiger partial charge is 0.240 e. The normalized spacial score (nSPS) is 17.4. The summed E-state index contributed by atoms with van der Waals surface area (Å²) in [5.41, 5.74) is 3.13. The van der Waals surface area contributed by atoms with E-state index in [0.717, 1.165) is 36.3 Å². The van der Waals surface area contributed by atoms with Crippen LogP contribution in [0.4, 0.5) is 4.39 Å². The molecule has 0 saturated carbocycles. The van der Waals surface area contributed by atoms with Gasteiger partial charge in [-0.3, -0.25) is 4.90 Å². The highest BCUT2D eigenvalue weighted by Crippen LogP contribution is 2.31. The third-order valence-corrected chi connectivity index (χ3v) is 7.66. The molecular formula is C21H26ClFN2O3S. The van der Waals surface area contributed by atoms with E-state index in [1.54, 1.807) is 6.07 Å². The van der Waals surface area contributed by atoms with Crippen LogP contribution >= 0.6 is 11.6 Å². The van der Waals surface area contributed by atoms with Gasteiger partial charge in [-0.05, 0) is 74.6 Å². The number of benzene rings is 2. The number of nitrogens with one attached hydrogen (secondary N) is 1. The highest BCUT2D eigenvalue weighted by molar-refractivity contribution is 7.89. The molecule has 2 N–H and O–H groups in total. The SMILES string of the molecule is Cc1c(O)ccc(C(C)N2CCC(NS(=O)(=O)c3ccc(F)c(Cl)c3)CC2)c1C. The van der Waals surface area contributed by atoms with E-state index >= 15 is 0 Å². The zero-order valence-electron chi connectivity index (χ0n) is 16.7. The van der Waals surface area contributed by atoms with E-state index in [9.17, 15) is 17.9 Å². The number of hydrogen-bond donors (Lipinski definition) is 2. The number of nitrogens with zero attached hydrogens (tertiary/aromatic N) is 1. The van der Waals surface area contributed by atoms with Crippen molar-refractivity contribution in [2.24, 2.45) is 0 Å². The van der Waals surface area contributed by atoms with E-state index < -0.39 is 15.8 Å². The molecule has 1 unspecified atom stereocenters. The Morgan fingerprint density at radius 3 is 2.45 bits per heavy atom. The van der Waals surface area contributed by atoms with Crippen LogP contribution in [0.1, 0.15) is 42.5 Å². The van der Waals surface area contributed by atoms with E-state index in [0.29, 0.717) is 18.6 Å². The molecule has 3 rings (SSSR count). The quantitative estimate of drug-likeness (QED) is 0.727. The van der Waals surface area contributed by atoms with Gasteiger partial charge in [-0.2, -0.15) is 0 Å². The van der Waals surface area contributed by atoms with Crippen LogP contribution in [0.15, 0.2) is 35.2 Å². The number of rotatable bonds is 5. The minimum Gasteiger partial charge on any atom is -0.508 e. The predicted octanol–water partition coefficient (Wildman–Crippen LogP) is 4.31. The topological polar surface area (TPSA) is 69.6 Å². The summed E-state index contributed by atoms with van der Waals surface area (Å²) in [5, 5.41) is 9.67. The van der Waals surface area contributed by atoms with Crippen LogP contribution in [0.3, 0.4) is 0 Å². The molecule has 1 saturated heterocycles. The van der Waals surface area contributed by atoms with E-state index in [1.807, 2.05) is 19.9 Å². The number of phenols is 1. The Balaban J connectivity index is 1.64. The molecule has 2 aromatic rings. The summed E-state index contributed by atoms with van der Waals surface area (Å²) in [5.74, 6) is -0.347. The maximum atomic E-state index is 13.3. The van der Waals surface area contributed by atoms with Crippen molar-refractivity contribution in [2.75, 3.05) is 13.1 Å². The van der Waals surface area contributed by atoms with Crippen LogP contribution in [-0.2, 0) is 10.0 Å². The lowest BCUT2D eigenvalue weighted by Crippen LogP contribution is -2.45. The van der Waals surface area contributed by atoms with Crippen LogP contribution in [0.2, 0.25) is 5.02 Å². The van der Waals surface area contributed by atoms with Crippen molar-refractivity contribution < 1.29 is 17.9 Å². The average Bonchev–Trinajstić information content (AvgIpc) is 2.68. The number of sulfonamides is 1. The fourth-order valence-electron chi connectivity index (χ4n) is 3.81. The van der Waals surface area contributed by atoms with Crippen molar-refractivity contribution >= 4 is 21.6 Å². The van der Waals surface area contributed by atoms with Gasteiger partial charge in [0.05, 0.1) is 9.92 Å². The molecule has 1 aliphatic rings. The van der Waals surface area contributed by atoms with Gasteiger partial charge in [-0.25, -0.2) is 17.5 Å². The molecule has 1 fully saturated rings. The number of phenolic OH excluding ortho intramolecular Hbond substituents is 1. The molecule has 8 heteroatoms. The highest BCUT2D eigenvalue weighted by Gasteiger charge is 2.28. The van der Waals surface area contributed by atoms with Crippen LogP contribution in [-0.4, -0.2) is 37.6 Å². The van der Waals surface area contributed by atoms with Gasteiger partial charge in [0.1, 0.15) is 11.6 Å². The van der Waals surface area contributed by atoms with Crippen molar-refractivity contribution in [1.29, 1.82) is 0 Å². The largest absolute Gasteiger partial charge is 0.508 e. The Kier molecular flexibility index (Phi) is 6.53. The number of likely N-dealkylation sites (tertiary alicyclic amines) is 1. The van der Waals surface area contributed by atoms with Crippen LogP contribution in [0.25, 0.3) is 0 Å². The van der Waals surface area contributed by atoms with Crippen LogP contribution in [0, 0.1) is 19.7 Å². The second-order valence-electron chi connectivity index (χ2n) is 7.61. The summed E-state index contributed by atoms with van der Waals surface area (Å²) >= 11 is 5.72. The summed E-state index contributed by atoms with van der Waals surface area (Å²) in [6, 6.07) is 7.07. The zero-order valence-corrected chi connectivity index (χ0v) is 18.3.